The zero-order chi connectivity index (χ0) is 13.2. The number of para-hydroxylation sites is 1. The first-order valence-corrected chi connectivity index (χ1v) is 5.61. The highest BCUT2D eigenvalue weighted by Crippen LogP contribution is 2.26. The van der Waals surface area contributed by atoms with Crippen LogP contribution in [0.3, 0.4) is 0 Å². The minimum absolute atomic E-state index is 0.175. The molecule has 0 aliphatic carbocycles. The van der Waals surface area contributed by atoms with Gasteiger partial charge in [0.2, 0.25) is 0 Å². The molecule has 0 unspecified atom stereocenters. The molecule has 1 N–H and O–H groups in total. The van der Waals surface area contributed by atoms with Gasteiger partial charge in [0.15, 0.2) is 0 Å². The summed E-state index contributed by atoms with van der Waals surface area (Å²) in [4.78, 5) is 13.2. The Balaban J connectivity index is 1.81. The van der Waals surface area contributed by atoms with Crippen LogP contribution in [0.4, 0.5) is 14.5 Å². The van der Waals surface area contributed by atoms with E-state index in [0.717, 1.165) is 0 Å². The quantitative estimate of drug-likeness (QED) is 0.833. The van der Waals surface area contributed by atoms with E-state index in [1.165, 1.54) is 4.90 Å². The zero-order valence-electron chi connectivity index (χ0n) is 9.83. The Morgan fingerprint density at radius 3 is 2.50 bits per heavy atom. The van der Waals surface area contributed by atoms with Gasteiger partial charge in [0.05, 0.1) is 13.1 Å². The molecule has 3 nitrogen and oxygen atoms in total. The van der Waals surface area contributed by atoms with Gasteiger partial charge in [-0.25, -0.2) is 8.78 Å². The summed E-state index contributed by atoms with van der Waals surface area (Å²) >= 11 is 0. The monoisotopic (exact) mass is 252 g/mol. The maximum atomic E-state index is 12.6. The standard InChI is InChI=1S/C13H14F2N2O/c1-10(7-17-8-13(14,15)9-17)12(18)16-11-5-3-2-4-6-11/h2-6H,1,7-9H2,(H,16,18). The van der Waals surface area contributed by atoms with E-state index in [9.17, 15) is 13.6 Å². The summed E-state index contributed by atoms with van der Waals surface area (Å²) in [6, 6.07) is 8.95. The maximum Gasteiger partial charge on any atom is 0.272 e. The van der Waals surface area contributed by atoms with Crippen LogP contribution in [0.25, 0.3) is 0 Å². The van der Waals surface area contributed by atoms with Crippen molar-refractivity contribution in [2.24, 2.45) is 0 Å². The molecule has 1 heterocycles. The number of alkyl halides is 2. The number of carbonyl (C=O) groups excluding carboxylic acids is 1. The predicted molar refractivity (Wildman–Crippen MR) is 65.6 cm³/mol. The van der Waals surface area contributed by atoms with Crippen molar-refractivity contribution in [2.45, 2.75) is 5.92 Å². The SMILES string of the molecule is C=C(CN1CC(F)(F)C1)C(=O)Nc1ccccc1. The van der Waals surface area contributed by atoms with E-state index in [0.29, 0.717) is 5.69 Å². The molecule has 96 valence electrons. The Morgan fingerprint density at radius 1 is 1.33 bits per heavy atom. The topological polar surface area (TPSA) is 32.3 Å². The van der Waals surface area contributed by atoms with Gasteiger partial charge in [-0.1, -0.05) is 24.8 Å². The number of carbonyl (C=O) groups is 1. The molecule has 1 aromatic carbocycles. The molecular formula is C13H14F2N2O. The van der Waals surface area contributed by atoms with Gasteiger partial charge in [-0.05, 0) is 12.1 Å². The van der Waals surface area contributed by atoms with E-state index >= 15 is 0 Å². The molecule has 1 aliphatic heterocycles. The normalized spacial score (nSPS) is 17.9. The summed E-state index contributed by atoms with van der Waals surface area (Å²) in [5.74, 6) is -2.95. The van der Waals surface area contributed by atoms with Gasteiger partial charge in [0.1, 0.15) is 0 Å². The third-order valence-electron chi connectivity index (χ3n) is 2.68. The molecule has 0 saturated carbocycles. The lowest BCUT2D eigenvalue weighted by Crippen LogP contribution is -2.56. The van der Waals surface area contributed by atoms with Gasteiger partial charge >= 0.3 is 0 Å². The molecular weight excluding hydrogens is 238 g/mol. The summed E-state index contributed by atoms with van der Waals surface area (Å²) in [7, 11) is 0. The van der Waals surface area contributed by atoms with E-state index in [-0.39, 0.29) is 31.1 Å². The first-order valence-electron chi connectivity index (χ1n) is 5.61. The number of likely N-dealkylation sites (tertiary alicyclic amines) is 1. The number of rotatable bonds is 4. The highest BCUT2D eigenvalue weighted by atomic mass is 19.3. The Labute approximate surface area is 104 Å². The van der Waals surface area contributed by atoms with Crippen LogP contribution in [-0.2, 0) is 4.79 Å². The molecule has 5 heteroatoms. The first kappa shape index (κ1) is 12.7. The first-order chi connectivity index (χ1) is 8.46. The summed E-state index contributed by atoms with van der Waals surface area (Å²) in [6.07, 6.45) is 0. The molecule has 18 heavy (non-hydrogen) atoms. The van der Waals surface area contributed by atoms with Crippen molar-refractivity contribution in [2.75, 3.05) is 25.0 Å². The van der Waals surface area contributed by atoms with Crippen molar-refractivity contribution in [3.05, 3.63) is 42.5 Å². The maximum absolute atomic E-state index is 12.6. The van der Waals surface area contributed by atoms with Gasteiger partial charge < -0.3 is 5.32 Å². The van der Waals surface area contributed by atoms with Crippen LogP contribution in [0, 0.1) is 0 Å². The van der Waals surface area contributed by atoms with Crippen molar-refractivity contribution >= 4 is 11.6 Å². The van der Waals surface area contributed by atoms with Crippen molar-refractivity contribution in [3.63, 3.8) is 0 Å². The number of nitrogens with one attached hydrogen (secondary N) is 1. The molecule has 1 aromatic rings. The number of halogens is 2. The van der Waals surface area contributed by atoms with E-state index < -0.39 is 5.92 Å². The summed E-state index contributed by atoms with van der Waals surface area (Å²) in [6.45, 7) is 3.19. The molecule has 1 fully saturated rings. The Morgan fingerprint density at radius 2 is 1.94 bits per heavy atom. The lowest BCUT2D eigenvalue weighted by atomic mass is 10.1. The highest BCUT2D eigenvalue weighted by molar-refractivity contribution is 6.03. The third-order valence-corrected chi connectivity index (χ3v) is 2.68. The van der Waals surface area contributed by atoms with E-state index in [1.54, 1.807) is 24.3 Å². The van der Waals surface area contributed by atoms with Crippen molar-refractivity contribution in [3.8, 4) is 0 Å². The Kier molecular flexibility index (Phi) is 3.43. The van der Waals surface area contributed by atoms with Crippen LogP contribution in [0.15, 0.2) is 42.5 Å². The van der Waals surface area contributed by atoms with Crippen LogP contribution in [0.1, 0.15) is 0 Å². The van der Waals surface area contributed by atoms with Crippen LogP contribution < -0.4 is 5.32 Å². The molecule has 1 amide bonds. The second kappa shape index (κ2) is 4.86. The van der Waals surface area contributed by atoms with Crippen LogP contribution in [0.2, 0.25) is 0 Å². The van der Waals surface area contributed by atoms with Gasteiger partial charge in [-0.2, -0.15) is 0 Å². The fraction of sp³-hybridized carbons (Fsp3) is 0.308. The lowest BCUT2D eigenvalue weighted by Gasteiger charge is -2.38. The molecule has 0 radical (unpaired) electrons. The summed E-state index contributed by atoms with van der Waals surface area (Å²) in [5, 5.41) is 2.66. The number of benzene rings is 1. The summed E-state index contributed by atoms with van der Waals surface area (Å²) < 4.78 is 25.2. The second-order valence-corrected chi connectivity index (χ2v) is 4.42. The predicted octanol–water partition coefficient (Wildman–Crippen LogP) is 2.13. The molecule has 2 rings (SSSR count). The van der Waals surface area contributed by atoms with Crippen LogP contribution in [-0.4, -0.2) is 36.4 Å². The second-order valence-electron chi connectivity index (χ2n) is 4.42. The molecule has 1 aliphatic rings. The minimum Gasteiger partial charge on any atom is -0.322 e. The lowest BCUT2D eigenvalue weighted by molar-refractivity contribution is -0.129. The zero-order valence-corrected chi connectivity index (χ0v) is 9.83. The molecule has 0 atom stereocenters. The molecule has 0 aromatic heterocycles. The number of hydrogen-bond acceptors (Lipinski definition) is 2. The third kappa shape index (κ3) is 3.13. The van der Waals surface area contributed by atoms with E-state index in [4.69, 9.17) is 0 Å². The van der Waals surface area contributed by atoms with Crippen LogP contribution >= 0.6 is 0 Å². The number of anilines is 1. The van der Waals surface area contributed by atoms with Gasteiger partial charge in [0, 0.05) is 17.8 Å². The molecule has 0 bridgehead atoms. The highest BCUT2D eigenvalue weighted by Gasteiger charge is 2.43. The van der Waals surface area contributed by atoms with Crippen molar-refractivity contribution in [1.29, 1.82) is 0 Å². The Hall–Kier alpha value is -1.75. The average Bonchev–Trinajstić information content (AvgIpc) is 2.27. The van der Waals surface area contributed by atoms with Gasteiger partial charge in [0.25, 0.3) is 11.8 Å². The van der Waals surface area contributed by atoms with Gasteiger partial charge in [-0.3, -0.25) is 9.69 Å². The van der Waals surface area contributed by atoms with E-state index in [2.05, 4.69) is 11.9 Å². The van der Waals surface area contributed by atoms with E-state index in [1.807, 2.05) is 6.07 Å². The summed E-state index contributed by atoms with van der Waals surface area (Å²) in [5.41, 5.74) is 0.951. The number of nitrogens with zero attached hydrogens (tertiary/aromatic N) is 1. The smallest absolute Gasteiger partial charge is 0.272 e. The van der Waals surface area contributed by atoms with Crippen LogP contribution in [0.5, 0.6) is 0 Å². The minimum atomic E-state index is -2.61. The van der Waals surface area contributed by atoms with Crippen molar-refractivity contribution < 1.29 is 13.6 Å². The average molecular weight is 252 g/mol. The largest absolute Gasteiger partial charge is 0.322 e. The van der Waals surface area contributed by atoms with Gasteiger partial charge in [-0.15, -0.1) is 0 Å². The van der Waals surface area contributed by atoms with Crippen molar-refractivity contribution in [1.82, 2.24) is 4.90 Å². The number of amides is 1. The molecule has 0 spiro atoms. The Bertz CT molecular complexity index is 451. The fourth-order valence-electron chi connectivity index (χ4n) is 1.80. The fourth-order valence-corrected chi connectivity index (χ4v) is 1.80. The molecule has 1 saturated heterocycles. The number of hydrogen-bond donors (Lipinski definition) is 1.